The highest BCUT2D eigenvalue weighted by molar-refractivity contribution is 7.99. The highest BCUT2D eigenvalue weighted by Crippen LogP contribution is 2.22. The molecule has 3 aromatic rings. The Labute approximate surface area is 203 Å². The van der Waals surface area contributed by atoms with E-state index in [1.54, 1.807) is 25.3 Å². The fraction of sp³-hybridized carbons (Fsp3) is 0.375. The molecular formula is C24H29ClN4O3S. The molecule has 0 aliphatic heterocycles. The van der Waals surface area contributed by atoms with Crippen LogP contribution in [0.3, 0.4) is 0 Å². The van der Waals surface area contributed by atoms with Gasteiger partial charge >= 0.3 is 0 Å². The van der Waals surface area contributed by atoms with E-state index in [-0.39, 0.29) is 17.2 Å². The van der Waals surface area contributed by atoms with Crippen LogP contribution in [0.1, 0.15) is 20.8 Å². The van der Waals surface area contributed by atoms with Crippen molar-refractivity contribution in [1.82, 2.24) is 9.55 Å². The van der Waals surface area contributed by atoms with E-state index in [9.17, 15) is 9.59 Å². The summed E-state index contributed by atoms with van der Waals surface area (Å²) in [6, 6.07) is 13.2. The van der Waals surface area contributed by atoms with Crippen molar-refractivity contribution in [2.24, 2.45) is 0 Å². The number of ether oxygens (including phenoxy) is 1. The number of nitrogens with one attached hydrogen (secondary N) is 1. The van der Waals surface area contributed by atoms with Gasteiger partial charge in [0, 0.05) is 36.1 Å². The van der Waals surface area contributed by atoms with Crippen LogP contribution >= 0.6 is 23.4 Å². The summed E-state index contributed by atoms with van der Waals surface area (Å²) in [6.07, 6.45) is 0. The zero-order valence-corrected chi connectivity index (χ0v) is 20.9. The number of hydrogen-bond donors (Lipinski definition) is 1. The molecule has 0 saturated heterocycles. The van der Waals surface area contributed by atoms with Gasteiger partial charge in [0.25, 0.3) is 5.56 Å². The Morgan fingerprint density at radius 2 is 1.97 bits per heavy atom. The topological polar surface area (TPSA) is 76.5 Å². The molecule has 0 spiro atoms. The van der Waals surface area contributed by atoms with Crippen molar-refractivity contribution < 1.29 is 9.53 Å². The Balaban J connectivity index is 1.74. The van der Waals surface area contributed by atoms with E-state index >= 15 is 0 Å². The molecule has 1 aromatic heterocycles. The molecule has 9 heteroatoms. The van der Waals surface area contributed by atoms with Crippen molar-refractivity contribution in [3.05, 3.63) is 57.8 Å². The number of amides is 1. The molecule has 0 atom stereocenters. The molecule has 176 valence electrons. The Hall–Kier alpha value is -2.55. The predicted octanol–water partition coefficient (Wildman–Crippen LogP) is 4.66. The summed E-state index contributed by atoms with van der Waals surface area (Å²) in [5.41, 5.74) is 2.16. The van der Waals surface area contributed by atoms with Gasteiger partial charge < -0.3 is 15.0 Å². The standard InChI is InChI=1S/C24H29ClN4O3S/c1-5-28(16(2)3)19-9-7-18(8-10-19)26-22(30)15-33-24-27-21-14-17(25)6-11-20(21)23(31)29(24)12-13-32-4/h6-11,14,16H,5,12-13,15H2,1-4H3,(H,26,30). The average molecular weight is 489 g/mol. The van der Waals surface area contributed by atoms with Crippen LogP contribution in [0.4, 0.5) is 11.4 Å². The van der Waals surface area contributed by atoms with Crippen molar-refractivity contribution in [2.75, 3.05) is 36.2 Å². The molecule has 0 bridgehead atoms. The van der Waals surface area contributed by atoms with Crippen molar-refractivity contribution in [3.63, 3.8) is 0 Å². The number of benzene rings is 2. The van der Waals surface area contributed by atoms with Crippen LogP contribution in [0, 0.1) is 0 Å². The second-order valence-electron chi connectivity index (χ2n) is 7.77. The highest BCUT2D eigenvalue weighted by Gasteiger charge is 2.14. The molecule has 0 radical (unpaired) electrons. The highest BCUT2D eigenvalue weighted by atomic mass is 35.5. The fourth-order valence-corrected chi connectivity index (χ4v) is 4.56. The van der Waals surface area contributed by atoms with Crippen molar-refractivity contribution in [2.45, 2.75) is 38.5 Å². The van der Waals surface area contributed by atoms with E-state index in [4.69, 9.17) is 16.3 Å². The summed E-state index contributed by atoms with van der Waals surface area (Å²) in [4.78, 5) is 32.4. The van der Waals surface area contributed by atoms with Gasteiger partial charge in [-0.15, -0.1) is 0 Å². The van der Waals surface area contributed by atoms with Gasteiger partial charge in [-0.3, -0.25) is 14.2 Å². The maximum Gasteiger partial charge on any atom is 0.262 e. The monoisotopic (exact) mass is 488 g/mol. The number of rotatable bonds is 10. The van der Waals surface area contributed by atoms with Crippen molar-refractivity contribution in [3.8, 4) is 0 Å². The normalized spacial score (nSPS) is 11.2. The van der Waals surface area contributed by atoms with Gasteiger partial charge in [0.2, 0.25) is 5.91 Å². The zero-order valence-electron chi connectivity index (χ0n) is 19.3. The van der Waals surface area contributed by atoms with Gasteiger partial charge in [0.15, 0.2) is 5.16 Å². The van der Waals surface area contributed by atoms with Crippen LogP contribution in [0.2, 0.25) is 5.02 Å². The van der Waals surface area contributed by atoms with Gasteiger partial charge in [0.05, 0.1) is 29.8 Å². The number of nitrogens with zero attached hydrogens (tertiary/aromatic N) is 3. The Bertz CT molecular complexity index is 1160. The maximum atomic E-state index is 13.0. The maximum absolute atomic E-state index is 13.0. The van der Waals surface area contributed by atoms with Crippen LogP contribution in [0.15, 0.2) is 52.4 Å². The zero-order chi connectivity index (χ0) is 24.0. The first-order chi connectivity index (χ1) is 15.8. The number of fused-ring (bicyclic) bond motifs is 1. The van der Waals surface area contributed by atoms with Gasteiger partial charge in [-0.2, -0.15) is 0 Å². The molecule has 0 aliphatic carbocycles. The first kappa shape index (κ1) is 25.1. The van der Waals surface area contributed by atoms with Crippen LogP contribution < -0.4 is 15.8 Å². The minimum absolute atomic E-state index is 0.111. The van der Waals surface area contributed by atoms with E-state index in [0.717, 1.165) is 17.9 Å². The lowest BCUT2D eigenvalue weighted by molar-refractivity contribution is -0.113. The summed E-state index contributed by atoms with van der Waals surface area (Å²) in [6.45, 7) is 8.03. The summed E-state index contributed by atoms with van der Waals surface area (Å²) < 4.78 is 6.68. The minimum Gasteiger partial charge on any atom is -0.383 e. The van der Waals surface area contributed by atoms with Gasteiger partial charge in [0.1, 0.15) is 0 Å². The van der Waals surface area contributed by atoms with Gasteiger partial charge in [-0.25, -0.2) is 4.98 Å². The lowest BCUT2D eigenvalue weighted by Gasteiger charge is -2.27. The molecule has 1 amide bonds. The number of carbonyl (C=O) groups excluding carboxylic acids is 1. The van der Waals surface area contributed by atoms with E-state index in [2.05, 4.69) is 36.0 Å². The lowest BCUT2D eigenvalue weighted by atomic mass is 10.2. The first-order valence-corrected chi connectivity index (χ1v) is 12.2. The molecule has 0 unspecified atom stereocenters. The van der Waals surface area contributed by atoms with Crippen LogP contribution in [0.25, 0.3) is 10.9 Å². The quantitative estimate of drug-likeness (QED) is 0.330. The second kappa shape index (κ2) is 11.5. The van der Waals surface area contributed by atoms with Crippen molar-refractivity contribution >= 4 is 51.5 Å². The molecule has 3 rings (SSSR count). The minimum atomic E-state index is -0.183. The third-order valence-electron chi connectivity index (χ3n) is 5.18. The Morgan fingerprint density at radius 1 is 1.24 bits per heavy atom. The molecule has 33 heavy (non-hydrogen) atoms. The van der Waals surface area contributed by atoms with E-state index in [0.29, 0.717) is 40.3 Å². The van der Waals surface area contributed by atoms with Crippen LogP contribution in [-0.4, -0.2) is 47.5 Å². The summed E-state index contributed by atoms with van der Waals surface area (Å²) in [7, 11) is 1.58. The van der Waals surface area contributed by atoms with Crippen LogP contribution in [-0.2, 0) is 16.1 Å². The molecular weight excluding hydrogens is 460 g/mol. The summed E-state index contributed by atoms with van der Waals surface area (Å²) in [5.74, 6) is -0.0666. The molecule has 1 heterocycles. The smallest absolute Gasteiger partial charge is 0.262 e. The van der Waals surface area contributed by atoms with E-state index in [1.807, 2.05) is 24.3 Å². The first-order valence-electron chi connectivity index (χ1n) is 10.8. The number of thioether (sulfide) groups is 1. The number of hydrogen-bond acceptors (Lipinski definition) is 6. The predicted molar refractivity (Wildman–Crippen MR) is 137 cm³/mol. The molecule has 0 saturated carbocycles. The molecule has 7 nitrogen and oxygen atoms in total. The number of carbonyl (C=O) groups is 1. The van der Waals surface area contributed by atoms with Crippen LogP contribution in [0.5, 0.6) is 0 Å². The summed E-state index contributed by atoms with van der Waals surface area (Å²) in [5, 5.41) is 4.34. The third-order valence-corrected chi connectivity index (χ3v) is 6.39. The lowest BCUT2D eigenvalue weighted by Crippen LogP contribution is -2.30. The summed E-state index contributed by atoms with van der Waals surface area (Å²) >= 11 is 7.29. The number of methoxy groups -OCH3 is 1. The Kier molecular flexibility index (Phi) is 8.77. The number of anilines is 2. The second-order valence-corrected chi connectivity index (χ2v) is 9.15. The third kappa shape index (κ3) is 6.28. The Morgan fingerprint density at radius 3 is 2.61 bits per heavy atom. The molecule has 1 N–H and O–H groups in total. The average Bonchev–Trinajstić information content (AvgIpc) is 2.78. The number of halogens is 1. The number of aromatic nitrogens is 2. The molecule has 0 aliphatic rings. The fourth-order valence-electron chi connectivity index (χ4n) is 3.57. The van der Waals surface area contributed by atoms with E-state index < -0.39 is 0 Å². The van der Waals surface area contributed by atoms with Gasteiger partial charge in [-0.05, 0) is 63.2 Å². The largest absolute Gasteiger partial charge is 0.383 e. The van der Waals surface area contributed by atoms with Gasteiger partial charge in [-0.1, -0.05) is 23.4 Å². The molecule has 2 aromatic carbocycles. The van der Waals surface area contributed by atoms with E-state index in [1.165, 1.54) is 16.3 Å². The van der Waals surface area contributed by atoms with Crippen molar-refractivity contribution in [1.29, 1.82) is 0 Å². The molecule has 0 fully saturated rings. The SMILES string of the molecule is CCN(c1ccc(NC(=O)CSc2nc3cc(Cl)ccc3c(=O)n2CCOC)cc1)C(C)C.